The van der Waals surface area contributed by atoms with Crippen molar-refractivity contribution < 1.29 is 23.8 Å². The summed E-state index contributed by atoms with van der Waals surface area (Å²) in [6.07, 6.45) is 1.29. The van der Waals surface area contributed by atoms with Crippen molar-refractivity contribution in [1.82, 2.24) is 10.2 Å². The topological polar surface area (TPSA) is 80.3 Å². The minimum atomic E-state index is -0.219. The molecular formula is C25H30ClN3O5. The zero-order chi connectivity index (χ0) is 24.1. The molecule has 1 atom stereocenters. The van der Waals surface area contributed by atoms with Gasteiger partial charge in [-0.15, -0.1) is 0 Å². The van der Waals surface area contributed by atoms with Gasteiger partial charge in [0, 0.05) is 38.2 Å². The van der Waals surface area contributed by atoms with Gasteiger partial charge < -0.3 is 24.4 Å². The summed E-state index contributed by atoms with van der Waals surface area (Å²) in [6, 6.07) is 10.8. The van der Waals surface area contributed by atoms with Crippen molar-refractivity contribution in [3.8, 4) is 11.5 Å². The Balaban J connectivity index is 1.53. The van der Waals surface area contributed by atoms with Crippen LogP contribution in [0.15, 0.2) is 36.4 Å². The van der Waals surface area contributed by atoms with Gasteiger partial charge in [0.2, 0.25) is 5.91 Å². The molecule has 4 rings (SSSR count). The van der Waals surface area contributed by atoms with Crippen LogP contribution in [0.25, 0.3) is 0 Å². The van der Waals surface area contributed by atoms with Gasteiger partial charge in [-0.25, -0.2) is 0 Å². The van der Waals surface area contributed by atoms with Crippen LogP contribution < -0.4 is 19.7 Å². The summed E-state index contributed by atoms with van der Waals surface area (Å²) in [7, 11) is 3.21. The molecule has 182 valence electrons. The third kappa shape index (κ3) is 5.29. The molecule has 2 aliphatic rings. The van der Waals surface area contributed by atoms with Crippen LogP contribution in [0.1, 0.15) is 34.8 Å². The quantitative estimate of drug-likeness (QED) is 0.615. The van der Waals surface area contributed by atoms with Gasteiger partial charge in [-0.05, 0) is 42.3 Å². The number of benzene rings is 2. The van der Waals surface area contributed by atoms with Crippen molar-refractivity contribution in [1.29, 1.82) is 0 Å². The molecule has 1 unspecified atom stereocenters. The lowest BCUT2D eigenvalue weighted by atomic mass is 10.0. The number of amides is 2. The summed E-state index contributed by atoms with van der Waals surface area (Å²) in [4.78, 5) is 29.2. The first-order chi connectivity index (χ1) is 16.5. The monoisotopic (exact) mass is 487 g/mol. The molecule has 0 aliphatic carbocycles. The van der Waals surface area contributed by atoms with Gasteiger partial charge in [0.15, 0.2) is 11.5 Å². The van der Waals surface area contributed by atoms with E-state index >= 15 is 0 Å². The maximum atomic E-state index is 13.1. The van der Waals surface area contributed by atoms with Gasteiger partial charge in [0.05, 0.1) is 44.2 Å². The van der Waals surface area contributed by atoms with E-state index in [0.717, 1.165) is 25.1 Å². The zero-order valence-electron chi connectivity index (χ0n) is 19.5. The molecule has 34 heavy (non-hydrogen) atoms. The number of anilines is 1. The Morgan fingerprint density at radius 3 is 2.53 bits per heavy atom. The molecule has 2 aromatic rings. The van der Waals surface area contributed by atoms with Crippen molar-refractivity contribution in [3.63, 3.8) is 0 Å². The second-order valence-corrected chi connectivity index (χ2v) is 8.71. The number of hydrogen-bond donors (Lipinski definition) is 1. The molecule has 2 fully saturated rings. The number of rotatable bonds is 8. The Kier molecular flexibility index (Phi) is 7.92. The predicted octanol–water partition coefficient (Wildman–Crippen LogP) is 3.29. The summed E-state index contributed by atoms with van der Waals surface area (Å²) in [5.41, 5.74) is 2.06. The summed E-state index contributed by atoms with van der Waals surface area (Å²) < 4.78 is 16.4. The van der Waals surface area contributed by atoms with Gasteiger partial charge in [-0.3, -0.25) is 14.5 Å². The van der Waals surface area contributed by atoms with E-state index in [2.05, 4.69) is 10.2 Å². The maximum Gasteiger partial charge on any atom is 0.251 e. The number of nitrogens with zero attached hydrogens (tertiary/aromatic N) is 2. The first-order valence-electron chi connectivity index (χ1n) is 11.4. The number of nitrogens with one attached hydrogen (secondary N) is 1. The van der Waals surface area contributed by atoms with Gasteiger partial charge in [-0.2, -0.15) is 0 Å². The number of carbonyl (C=O) groups excluding carboxylic acids is 2. The van der Waals surface area contributed by atoms with Crippen LogP contribution in [0.4, 0.5) is 5.69 Å². The highest BCUT2D eigenvalue weighted by atomic mass is 35.5. The smallest absolute Gasteiger partial charge is 0.251 e. The van der Waals surface area contributed by atoms with Gasteiger partial charge >= 0.3 is 0 Å². The molecule has 9 heteroatoms. The van der Waals surface area contributed by atoms with E-state index in [9.17, 15) is 9.59 Å². The highest BCUT2D eigenvalue weighted by molar-refractivity contribution is 6.34. The first kappa shape index (κ1) is 24.3. The van der Waals surface area contributed by atoms with Crippen molar-refractivity contribution in [2.75, 3.05) is 58.5 Å². The Labute approximate surface area is 204 Å². The summed E-state index contributed by atoms with van der Waals surface area (Å²) in [5.74, 6) is 1.10. The molecule has 2 aliphatic heterocycles. The molecule has 0 radical (unpaired) electrons. The molecule has 2 heterocycles. The van der Waals surface area contributed by atoms with Gasteiger partial charge in [0.25, 0.3) is 5.91 Å². The standard InChI is InChI=1S/C25H30ClN3O5/c1-32-22-8-6-17(15-23(22)33-2)21(28-10-12-34-13-11-28)16-27-25(31)18-5-7-19(26)20(14-18)29-9-3-4-24(29)30/h5-8,14-15,21H,3-4,9-13,16H2,1-2H3,(H,27,31). The van der Waals surface area contributed by atoms with E-state index in [-0.39, 0.29) is 17.9 Å². The van der Waals surface area contributed by atoms with Crippen LogP contribution in [0, 0.1) is 0 Å². The maximum absolute atomic E-state index is 13.1. The molecule has 2 aromatic carbocycles. The van der Waals surface area contributed by atoms with Crippen LogP contribution in [0.2, 0.25) is 5.02 Å². The summed E-state index contributed by atoms with van der Waals surface area (Å²) in [5, 5.41) is 3.53. The normalized spacial score (nSPS) is 17.5. The van der Waals surface area contributed by atoms with E-state index < -0.39 is 0 Å². The Morgan fingerprint density at radius 2 is 1.85 bits per heavy atom. The highest BCUT2D eigenvalue weighted by Gasteiger charge is 2.26. The fourth-order valence-corrected chi connectivity index (χ4v) is 4.68. The lowest BCUT2D eigenvalue weighted by Crippen LogP contribution is -2.43. The Morgan fingerprint density at radius 1 is 1.09 bits per heavy atom. The third-order valence-electron chi connectivity index (χ3n) is 6.31. The second kappa shape index (κ2) is 11.1. The van der Waals surface area contributed by atoms with Crippen LogP contribution in [-0.4, -0.2) is 70.3 Å². The molecule has 8 nitrogen and oxygen atoms in total. The minimum Gasteiger partial charge on any atom is -0.493 e. The molecule has 0 spiro atoms. The van der Waals surface area contributed by atoms with Crippen LogP contribution in [0.5, 0.6) is 11.5 Å². The number of halogens is 1. The van der Waals surface area contributed by atoms with Crippen LogP contribution in [0.3, 0.4) is 0 Å². The number of morpholine rings is 1. The number of ether oxygens (including phenoxy) is 3. The predicted molar refractivity (Wildman–Crippen MR) is 130 cm³/mol. The fourth-order valence-electron chi connectivity index (χ4n) is 4.46. The molecule has 1 N–H and O–H groups in total. The van der Waals surface area contributed by atoms with E-state index in [0.29, 0.717) is 60.5 Å². The number of methoxy groups -OCH3 is 2. The van der Waals surface area contributed by atoms with Crippen molar-refractivity contribution in [2.45, 2.75) is 18.9 Å². The molecule has 0 bridgehead atoms. The summed E-state index contributed by atoms with van der Waals surface area (Å²) in [6.45, 7) is 3.81. The molecule has 0 aromatic heterocycles. The van der Waals surface area contributed by atoms with E-state index in [1.54, 1.807) is 37.3 Å². The van der Waals surface area contributed by atoms with Crippen molar-refractivity contribution >= 4 is 29.1 Å². The number of hydrogen-bond acceptors (Lipinski definition) is 6. The van der Waals surface area contributed by atoms with E-state index in [1.807, 2.05) is 18.2 Å². The lowest BCUT2D eigenvalue weighted by Gasteiger charge is -2.35. The Bertz CT molecular complexity index is 1040. The Hall–Kier alpha value is -2.81. The summed E-state index contributed by atoms with van der Waals surface area (Å²) >= 11 is 6.34. The first-order valence-corrected chi connectivity index (χ1v) is 11.8. The largest absolute Gasteiger partial charge is 0.493 e. The van der Waals surface area contributed by atoms with Crippen molar-refractivity contribution in [3.05, 3.63) is 52.5 Å². The van der Waals surface area contributed by atoms with E-state index in [4.69, 9.17) is 25.8 Å². The SMILES string of the molecule is COc1ccc(C(CNC(=O)c2ccc(Cl)c(N3CCCC3=O)c2)N2CCOCC2)cc1OC. The van der Waals surface area contributed by atoms with Crippen molar-refractivity contribution in [2.24, 2.45) is 0 Å². The highest BCUT2D eigenvalue weighted by Crippen LogP contribution is 2.33. The average Bonchev–Trinajstić information content (AvgIpc) is 3.30. The molecular weight excluding hydrogens is 458 g/mol. The number of carbonyl (C=O) groups is 2. The minimum absolute atomic E-state index is 0.0280. The molecule has 2 saturated heterocycles. The molecule has 0 saturated carbocycles. The second-order valence-electron chi connectivity index (χ2n) is 8.30. The van der Waals surface area contributed by atoms with Gasteiger partial charge in [-0.1, -0.05) is 17.7 Å². The third-order valence-corrected chi connectivity index (χ3v) is 6.63. The van der Waals surface area contributed by atoms with E-state index in [1.165, 1.54) is 0 Å². The fraction of sp³-hybridized carbons (Fsp3) is 0.440. The van der Waals surface area contributed by atoms with Gasteiger partial charge in [0.1, 0.15) is 0 Å². The van der Waals surface area contributed by atoms with Crippen LogP contribution >= 0.6 is 11.6 Å². The average molecular weight is 488 g/mol. The zero-order valence-corrected chi connectivity index (χ0v) is 20.3. The molecule has 2 amide bonds. The lowest BCUT2D eigenvalue weighted by molar-refractivity contribution is -0.117. The van der Waals surface area contributed by atoms with Crippen LogP contribution in [-0.2, 0) is 9.53 Å².